The molecule has 0 aromatic heterocycles. The van der Waals surface area contributed by atoms with Crippen molar-refractivity contribution in [3.8, 4) is 0 Å². The van der Waals surface area contributed by atoms with Gasteiger partial charge in [0, 0.05) is 0 Å². The quantitative estimate of drug-likeness (QED) is 0.744. The minimum Gasteiger partial charge on any atom is -0.480 e. The van der Waals surface area contributed by atoms with Crippen molar-refractivity contribution in [2.45, 2.75) is 39.2 Å². The fraction of sp³-hybridized carbons (Fsp3) is 0.533. The molecule has 1 aromatic carbocycles. The summed E-state index contributed by atoms with van der Waals surface area (Å²) in [7, 11) is 0. The van der Waals surface area contributed by atoms with Crippen LogP contribution >= 0.6 is 0 Å². The van der Waals surface area contributed by atoms with E-state index in [9.17, 15) is 9.90 Å². The van der Waals surface area contributed by atoms with Crippen molar-refractivity contribution < 1.29 is 9.90 Å². The highest BCUT2D eigenvalue weighted by Gasteiger charge is 2.18. The third kappa shape index (κ3) is 4.88. The smallest absolute Gasteiger partial charge is 0.321 e. The molecule has 18 heavy (non-hydrogen) atoms. The highest BCUT2D eigenvalue weighted by Crippen LogP contribution is 2.08. The van der Waals surface area contributed by atoms with E-state index in [0.29, 0.717) is 12.3 Å². The molecule has 0 bridgehead atoms. The molecular formula is C15H23NO2. The van der Waals surface area contributed by atoms with Gasteiger partial charge in [-0.25, -0.2) is 0 Å². The second-order valence-electron chi connectivity index (χ2n) is 4.67. The third-order valence-electron chi connectivity index (χ3n) is 3.39. The molecule has 0 aliphatic rings. The normalized spacial score (nSPS) is 12.6. The van der Waals surface area contributed by atoms with Crippen molar-refractivity contribution in [3.63, 3.8) is 0 Å². The summed E-state index contributed by atoms with van der Waals surface area (Å²) < 4.78 is 0. The Morgan fingerprint density at radius 3 is 2.33 bits per heavy atom. The Labute approximate surface area is 109 Å². The van der Waals surface area contributed by atoms with Gasteiger partial charge in [0.05, 0.1) is 0 Å². The SMILES string of the molecule is CCC(CC)CN[C@H](Cc1ccccc1)C(=O)O. The monoisotopic (exact) mass is 249 g/mol. The zero-order chi connectivity index (χ0) is 13.4. The zero-order valence-electron chi connectivity index (χ0n) is 11.2. The maximum absolute atomic E-state index is 11.2. The first kappa shape index (κ1) is 14.7. The van der Waals surface area contributed by atoms with Crippen LogP contribution < -0.4 is 5.32 Å². The lowest BCUT2D eigenvalue weighted by Crippen LogP contribution is -2.40. The lowest BCUT2D eigenvalue weighted by molar-refractivity contribution is -0.139. The molecule has 3 nitrogen and oxygen atoms in total. The summed E-state index contributed by atoms with van der Waals surface area (Å²) in [6.45, 7) is 5.06. The third-order valence-corrected chi connectivity index (χ3v) is 3.39. The highest BCUT2D eigenvalue weighted by molar-refractivity contribution is 5.73. The number of hydrogen-bond donors (Lipinski definition) is 2. The van der Waals surface area contributed by atoms with E-state index in [1.165, 1.54) is 0 Å². The van der Waals surface area contributed by atoms with Crippen LogP contribution in [0.1, 0.15) is 32.3 Å². The van der Waals surface area contributed by atoms with Gasteiger partial charge < -0.3 is 10.4 Å². The summed E-state index contributed by atoms with van der Waals surface area (Å²) in [6.07, 6.45) is 2.71. The Bertz CT molecular complexity index is 347. The fourth-order valence-corrected chi connectivity index (χ4v) is 1.98. The van der Waals surface area contributed by atoms with Gasteiger partial charge in [-0.1, -0.05) is 57.0 Å². The van der Waals surface area contributed by atoms with E-state index in [0.717, 1.165) is 24.9 Å². The number of aliphatic carboxylic acids is 1. The molecule has 0 saturated carbocycles. The van der Waals surface area contributed by atoms with Gasteiger partial charge in [0.15, 0.2) is 0 Å². The van der Waals surface area contributed by atoms with Gasteiger partial charge in [0.25, 0.3) is 0 Å². The molecular weight excluding hydrogens is 226 g/mol. The number of carboxylic acid groups (broad SMARTS) is 1. The molecule has 0 aliphatic heterocycles. The minimum absolute atomic E-state index is 0.493. The average Bonchev–Trinajstić information content (AvgIpc) is 2.39. The van der Waals surface area contributed by atoms with E-state index in [1.54, 1.807) is 0 Å². The molecule has 100 valence electrons. The Balaban J connectivity index is 2.53. The summed E-state index contributed by atoms with van der Waals surface area (Å²) in [5.41, 5.74) is 1.06. The fourth-order valence-electron chi connectivity index (χ4n) is 1.98. The first-order chi connectivity index (χ1) is 8.67. The molecule has 0 saturated heterocycles. The van der Waals surface area contributed by atoms with Crippen LogP contribution in [0.2, 0.25) is 0 Å². The number of benzene rings is 1. The lowest BCUT2D eigenvalue weighted by Gasteiger charge is -2.18. The summed E-state index contributed by atoms with van der Waals surface area (Å²) in [5, 5.41) is 12.4. The van der Waals surface area contributed by atoms with E-state index < -0.39 is 12.0 Å². The van der Waals surface area contributed by atoms with Gasteiger partial charge in [-0.3, -0.25) is 4.79 Å². The largest absolute Gasteiger partial charge is 0.480 e. The molecule has 0 fully saturated rings. The number of nitrogens with one attached hydrogen (secondary N) is 1. The van der Waals surface area contributed by atoms with Gasteiger partial charge >= 0.3 is 5.97 Å². The van der Waals surface area contributed by atoms with Crippen LogP contribution in [0.5, 0.6) is 0 Å². The van der Waals surface area contributed by atoms with Gasteiger partial charge in [0.2, 0.25) is 0 Å². The summed E-state index contributed by atoms with van der Waals surface area (Å²) in [4.78, 5) is 11.2. The van der Waals surface area contributed by atoms with Crippen LogP contribution in [-0.2, 0) is 11.2 Å². The van der Waals surface area contributed by atoms with Gasteiger partial charge in [-0.05, 0) is 24.4 Å². The van der Waals surface area contributed by atoms with Crippen LogP contribution in [0.25, 0.3) is 0 Å². The molecule has 0 spiro atoms. The van der Waals surface area contributed by atoms with Crippen molar-refractivity contribution in [2.24, 2.45) is 5.92 Å². The molecule has 0 aliphatic carbocycles. The molecule has 0 unspecified atom stereocenters. The van der Waals surface area contributed by atoms with E-state index in [4.69, 9.17) is 0 Å². The van der Waals surface area contributed by atoms with E-state index in [2.05, 4.69) is 19.2 Å². The van der Waals surface area contributed by atoms with Crippen molar-refractivity contribution in [3.05, 3.63) is 35.9 Å². The predicted octanol–water partition coefficient (Wildman–Crippen LogP) is 2.71. The summed E-state index contributed by atoms with van der Waals surface area (Å²) in [5.74, 6) is -0.215. The van der Waals surface area contributed by atoms with Crippen molar-refractivity contribution in [1.82, 2.24) is 5.32 Å². The van der Waals surface area contributed by atoms with E-state index in [-0.39, 0.29) is 0 Å². The van der Waals surface area contributed by atoms with Crippen LogP contribution in [0.4, 0.5) is 0 Å². The molecule has 0 amide bonds. The molecule has 1 atom stereocenters. The average molecular weight is 249 g/mol. The Morgan fingerprint density at radius 1 is 1.22 bits per heavy atom. The predicted molar refractivity (Wildman–Crippen MR) is 73.6 cm³/mol. The highest BCUT2D eigenvalue weighted by atomic mass is 16.4. The molecule has 0 radical (unpaired) electrons. The minimum atomic E-state index is -0.773. The second-order valence-corrected chi connectivity index (χ2v) is 4.67. The Hall–Kier alpha value is -1.35. The molecule has 1 aromatic rings. The van der Waals surface area contributed by atoms with Gasteiger partial charge in [-0.15, -0.1) is 0 Å². The van der Waals surface area contributed by atoms with Crippen LogP contribution in [0.15, 0.2) is 30.3 Å². The van der Waals surface area contributed by atoms with Crippen molar-refractivity contribution in [2.75, 3.05) is 6.54 Å². The molecule has 1 rings (SSSR count). The lowest BCUT2D eigenvalue weighted by atomic mass is 10.0. The second kappa shape index (κ2) is 7.88. The van der Waals surface area contributed by atoms with Crippen LogP contribution in [0.3, 0.4) is 0 Å². The van der Waals surface area contributed by atoms with E-state index >= 15 is 0 Å². The maximum atomic E-state index is 11.2. The zero-order valence-corrected chi connectivity index (χ0v) is 11.2. The summed E-state index contributed by atoms with van der Waals surface area (Å²) in [6, 6.07) is 9.26. The van der Waals surface area contributed by atoms with Gasteiger partial charge in [-0.2, -0.15) is 0 Å². The first-order valence-electron chi connectivity index (χ1n) is 6.67. The van der Waals surface area contributed by atoms with Crippen LogP contribution in [0, 0.1) is 5.92 Å². The molecule has 3 heteroatoms. The molecule has 2 N–H and O–H groups in total. The van der Waals surface area contributed by atoms with Crippen LogP contribution in [-0.4, -0.2) is 23.7 Å². The number of carbonyl (C=O) groups is 1. The van der Waals surface area contributed by atoms with Crippen molar-refractivity contribution in [1.29, 1.82) is 0 Å². The first-order valence-corrected chi connectivity index (χ1v) is 6.67. The number of rotatable bonds is 8. The van der Waals surface area contributed by atoms with Crippen molar-refractivity contribution >= 4 is 5.97 Å². The Kier molecular flexibility index (Phi) is 6.44. The molecule has 0 heterocycles. The topological polar surface area (TPSA) is 49.3 Å². The number of hydrogen-bond acceptors (Lipinski definition) is 2. The summed E-state index contributed by atoms with van der Waals surface area (Å²) >= 11 is 0. The maximum Gasteiger partial charge on any atom is 0.321 e. The standard InChI is InChI=1S/C15H23NO2/c1-3-12(4-2)11-16-14(15(17)18)10-13-8-6-5-7-9-13/h5-9,12,14,16H,3-4,10-11H2,1-2H3,(H,17,18)/t14-/m1/s1. The van der Waals surface area contributed by atoms with Gasteiger partial charge in [0.1, 0.15) is 6.04 Å². The Morgan fingerprint density at radius 2 is 1.83 bits per heavy atom. The number of carboxylic acids is 1. The van der Waals surface area contributed by atoms with E-state index in [1.807, 2.05) is 30.3 Å².